The highest BCUT2D eigenvalue weighted by molar-refractivity contribution is 6.39. The summed E-state index contributed by atoms with van der Waals surface area (Å²) in [4.78, 5) is 34.3. The average molecular weight is 561 g/mol. The van der Waals surface area contributed by atoms with Crippen molar-refractivity contribution in [2.45, 2.75) is 26.3 Å². The Kier molecular flexibility index (Phi) is 11.4. The van der Waals surface area contributed by atoms with Crippen molar-refractivity contribution in [1.29, 1.82) is 0 Å². The normalized spacial score (nSPS) is 18.0. The number of hydrogen-bond donors (Lipinski definition) is 4. The lowest BCUT2D eigenvalue weighted by molar-refractivity contribution is -0.118. The van der Waals surface area contributed by atoms with E-state index in [9.17, 15) is 9.59 Å². The Morgan fingerprint density at radius 2 is 1.82 bits per heavy atom. The molecule has 0 atom stereocenters. The highest BCUT2D eigenvalue weighted by atomic mass is 35.5. The van der Waals surface area contributed by atoms with Gasteiger partial charge in [0, 0.05) is 5.56 Å². The molecule has 38 heavy (non-hydrogen) atoms. The van der Waals surface area contributed by atoms with Gasteiger partial charge in [-0.2, -0.15) is 0 Å². The maximum atomic E-state index is 12.6. The van der Waals surface area contributed by atoms with E-state index in [1.807, 2.05) is 12.2 Å². The number of carbonyl (C=O) groups excluding carboxylic acids is 2. The number of ether oxygens (including phenoxy) is 1. The molecule has 5 N–H and O–H groups in total. The number of nitrogens with two attached hydrogens (primary N) is 1. The van der Waals surface area contributed by atoms with Gasteiger partial charge in [0.2, 0.25) is 11.8 Å². The second kappa shape index (κ2) is 15.0. The van der Waals surface area contributed by atoms with E-state index in [4.69, 9.17) is 38.5 Å². The number of oxime groups is 1. The highest BCUT2D eigenvalue weighted by Gasteiger charge is 2.14. The Hall–Kier alpha value is -3.60. The van der Waals surface area contributed by atoms with Gasteiger partial charge in [0.15, 0.2) is 5.96 Å². The predicted octanol–water partition coefficient (Wildman–Crippen LogP) is 3.62. The number of rotatable bonds is 2. The summed E-state index contributed by atoms with van der Waals surface area (Å²) >= 11 is 12.7. The summed E-state index contributed by atoms with van der Waals surface area (Å²) in [6.07, 6.45) is 4.50. The summed E-state index contributed by atoms with van der Waals surface area (Å²) in [6, 6.07) is 10.4. The van der Waals surface area contributed by atoms with Crippen LogP contribution in [0.4, 0.5) is 5.69 Å². The van der Waals surface area contributed by atoms with Crippen molar-refractivity contribution >= 4 is 52.4 Å². The van der Waals surface area contributed by atoms with E-state index in [0.717, 1.165) is 6.42 Å². The zero-order valence-electron chi connectivity index (χ0n) is 20.9. The topological polar surface area (TPSA) is 139 Å². The van der Waals surface area contributed by atoms with Crippen molar-refractivity contribution < 1.29 is 19.2 Å². The largest absolute Gasteiger partial charge is 0.490 e. The summed E-state index contributed by atoms with van der Waals surface area (Å²) in [6.45, 7) is 3.35. The minimum Gasteiger partial charge on any atom is -0.490 e. The molecule has 4 aliphatic rings. The van der Waals surface area contributed by atoms with Gasteiger partial charge in [-0.3, -0.25) is 14.9 Å². The molecule has 0 saturated heterocycles. The fourth-order valence-electron chi connectivity index (χ4n) is 3.37. The van der Waals surface area contributed by atoms with Gasteiger partial charge in [-0.25, -0.2) is 4.99 Å². The number of halogens is 2. The minimum absolute atomic E-state index is 0.0798. The van der Waals surface area contributed by atoms with Crippen molar-refractivity contribution in [3.63, 3.8) is 0 Å². The van der Waals surface area contributed by atoms with Crippen LogP contribution in [0.3, 0.4) is 0 Å². The molecule has 4 bridgehead atoms. The minimum atomic E-state index is -0.413. The van der Waals surface area contributed by atoms with E-state index in [1.54, 1.807) is 43.3 Å². The Balaban J connectivity index is 1.80. The first-order chi connectivity index (χ1) is 18.4. The molecule has 12 heteroatoms. The number of nitrogens with zero attached hydrogens (tertiary/aromatic N) is 2. The first kappa shape index (κ1) is 29.0. The first-order valence-corrected chi connectivity index (χ1v) is 12.8. The van der Waals surface area contributed by atoms with E-state index in [1.165, 1.54) is 0 Å². The smallest absolute Gasteiger partial charge is 0.238 e. The summed E-state index contributed by atoms with van der Waals surface area (Å²) in [5.74, 6) is -0.105. The van der Waals surface area contributed by atoms with Crippen LogP contribution >= 0.6 is 23.2 Å². The molecule has 0 aliphatic carbocycles. The zero-order chi connectivity index (χ0) is 27.3. The van der Waals surface area contributed by atoms with Crippen molar-refractivity contribution in [3.8, 4) is 5.75 Å². The van der Waals surface area contributed by atoms with Crippen molar-refractivity contribution in [3.05, 3.63) is 69.7 Å². The average Bonchev–Trinajstić information content (AvgIpc) is 2.89. The van der Waals surface area contributed by atoms with Crippen LogP contribution in [0.15, 0.2) is 58.7 Å². The highest BCUT2D eigenvalue weighted by Crippen LogP contribution is 2.32. The van der Waals surface area contributed by atoms with E-state index in [-0.39, 0.29) is 41.4 Å². The van der Waals surface area contributed by atoms with Gasteiger partial charge in [0.1, 0.15) is 19.0 Å². The summed E-state index contributed by atoms with van der Waals surface area (Å²) in [5, 5.41) is 12.9. The van der Waals surface area contributed by atoms with Crippen LogP contribution in [0, 0.1) is 0 Å². The molecule has 4 heterocycles. The Bertz CT molecular complexity index is 1190. The van der Waals surface area contributed by atoms with E-state index in [2.05, 4.69) is 26.1 Å². The maximum Gasteiger partial charge on any atom is 0.238 e. The Morgan fingerprint density at radius 1 is 1.08 bits per heavy atom. The third-order valence-electron chi connectivity index (χ3n) is 5.17. The van der Waals surface area contributed by atoms with Gasteiger partial charge in [-0.05, 0) is 61.9 Å². The van der Waals surface area contributed by atoms with Crippen LogP contribution < -0.4 is 26.4 Å². The quantitative estimate of drug-likeness (QED) is 0.326. The molecular weight excluding hydrogens is 531 g/mol. The first-order valence-electron chi connectivity index (χ1n) is 12.0. The summed E-state index contributed by atoms with van der Waals surface area (Å²) in [5.41, 5.74) is 8.01. The van der Waals surface area contributed by atoms with E-state index in [0.29, 0.717) is 48.0 Å². The molecule has 10 nitrogen and oxygen atoms in total. The number of amides is 2. The molecule has 0 spiro atoms. The number of carbonyl (C=O) groups is 2. The third kappa shape index (κ3) is 9.37. The van der Waals surface area contributed by atoms with Gasteiger partial charge in [-0.1, -0.05) is 40.5 Å². The van der Waals surface area contributed by atoms with Gasteiger partial charge in [-0.15, -0.1) is 0 Å². The zero-order valence-corrected chi connectivity index (χ0v) is 22.4. The standard InChI is InChI=1S/C26H30Cl2N6O4/c1-2-38-34-22-14-23(35)33-26(29)31-15-17-12-20(27)25(21(28)13-17)32-24(36)16-30-10-4-3-5-11-37-19-8-6-18(22)7-9-19/h3,5-9,12-13,30H,2,4,10-11,14-16H2,1H3,(H,32,36)(H3,29,31,33,35)/b5-3-,34-22?. The lowest BCUT2D eigenvalue weighted by Gasteiger charge is -2.12. The molecule has 202 valence electrons. The molecule has 6 rings (SSSR count). The third-order valence-corrected chi connectivity index (χ3v) is 5.77. The second-order valence-corrected chi connectivity index (χ2v) is 8.95. The van der Waals surface area contributed by atoms with Crippen LogP contribution in [-0.4, -0.2) is 49.8 Å². The molecule has 2 aromatic rings. The number of hydrogen-bond acceptors (Lipinski definition) is 8. The number of guanidine groups is 1. The second-order valence-electron chi connectivity index (χ2n) is 8.14. The van der Waals surface area contributed by atoms with Crippen molar-refractivity contribution in [2.24, 2.45) is 15.9 Å². The number of anilines is 1. The molecule has 4 aliphatic heterocycles. The van der Waals surface area contributed by atoms with Crippen molar-refractivity contribution in [2.75, 3.05) is 31.6 Å². The SMILES string of the molecule is CCON=C1CC(=O)NC(N)=NCc2cc(Cl)c(c(Cl)c2)NC(=O)CNCC/C=C\COc2ccc1cc2. The molecule has 0 unspecified atom stereocenters. The molecule has 2 amide bonds. The van der Waals surface area contributed by atoms with Crippen LogP contribution in [0.25, 0.3) is 0 Å². The number of benzene rings is 2. The number of nitrogens with one attached hydrogen (secondary N) is 3. The molecule has 0 aromatic heterocycles. The monoisotopic (exact) mass is 560 g/mol. The Morgan fingerprint density at radius 3 is 2.53 bits per heavy atom. The Labute approximate surface area is 231 Å². The van der Waals surface area contributed by atoms with Gasteiger partial charge >= 0.3 is 0 Å². The van der Waals surface area contributed by atoms with Crippen LogP contribution in [0.2, 0.25) is 10.0 Å². The predicted molar refractivity (Wildman–Crippen MR) is 150 cm³/mol. The molecule has 0 fully saturated rings. The van der Waals surface area contributed by atoms with E-state index >= 15 is 0 Å². The molecule has 2 aromatic carbocycles. The van der Waals surface area contributed by atoms with Gasteiger partial charge < -0.3 is 25.9 Å². The maximum absolute atomic E-state index is 12.6. The lowest BCUT2D eigenvalue weighted by Crippen LogP contribution is -2.37. The summed E-state index contributed by atoms with van der Waals surface area (Å²) in [7, 11) is 0. The van der Waals surface area contributed by atoms with Gasteiger partial charge in [0.25, 0.3) is 0 Å². The lowest BCUT2D eigenvalue weighted by atomic mass is 10.1. The van der Waals surface area contributed by atoms with Crippen LogP contribution in [0.5, 0.6) is 5.75 Å². The summed E-state index contributed by atoms with van der Waals surface area (Å²) < 4.78 is 5.73. The number of aliphatic imine (C=N–C) groups is 1. The molecular formula is C26H30Cl2N6O4. The van der Waals surface area contributed by atoms with Crippen LogP contribution in [-0.2, 0) is 21.0 Å². The molecule has 0 saturated carbocycles. The van der Waals surface area contributed by atoms with Crippen LogP contribution in [0.1, 0.15) is 30.9 Å². The van der Waals surface area contributed by atoms with E-state index < -0.39 is 5.91 Å². The fourth-order valence-corrected chi connectivity index (χ4v) is 3.99. The fraction of sp³-hybridized carbons (Fsp3) is 0.308. The molecule has 0 radical (unpaired) electrons. The van der Waals surface area contributed by atoms with Gasteiger partial charge in [0.05, 0.1) is 41.0 Å². The van der Waals surface area contributed by atoms with Crippen molar-refractivity contribution in [1.82, 2.24) is 10.6 Å².